The number of fused-ring (bicyclic) bond motifs is 1. The predicted octanol–water partition coefficient (Wildman–Crippen LogP) is 2.96. The van der Waals surface area contributed by atoms with E-state index in [1.807, 2.05) is 24.6 Å². The van der Waals surface area contributed by atoms with E-state index < -0.39 is 15.8 Å². The number of nitrogens with one attached hydrogen (secondary N) is 1. The van der Waals surface area contributed by atoms with Crippen molar-refractivity contribution >= 4 is 26.7 Å². The molecule has 0 bridgehead atoms. The van der Waals surface area contributed by atoms with Crippen molar-refractivity contribution in [3.05, 3.63) is 59.7 Å². The second-order valence-corrected chi connectivity index (χ2v) is 7.13. The first kappa shape index (κ1) is 15.5. The van der Waals surface area contributed by atoms with Gasteiger partial charge in [0.05, 0.1) is 22.5 Å². The predicted molar refractivity (Wildman–Crippen MR) is 88.1 cm³/mol. The molecular weight excluding hydrogens is 317 g/mol. The van der Waals surface area contributed by atoms with Gasteiger partial charge >= 0.3 is 0 Å². The van der Waals surface area contributed by atoms with Crippen LogP contribution in [0.1, 0.15) is 11.4 Å². The summed E-state index contributed by atoms with van der Waals surface area (Å²) in [6, 6.07) is 10.6. The molecule has 0 saturated carbocycles. The average molecular weight is 333 g/mol. The summed E-state index contributed by atoms with van der Waals surface area (Å²) in [6.45, 7) is 1.89. The first-order valence-electron chi connectivity index (χ1n) is 7.02. The summed E-state index contributed by atoms with van der Waals surface area (Å²) in [7, 11) is -1.67. The lowest BCUT2D eigenvalue weighted by molar-refractivity contribution is 0.600. The minimum Gasteiger partial charge on any atom is -0.331 e. The Labute approximate surface area is 133 Å². The minimum atomic E-state index is -3.58. The van der Waals surface area contributed by atoms with Crippen LogP contribution in [0.25, 0.3) is 11.0 Å². The Morgan fingerprint density at radius 2 is 1.87 bits per heavy atom. The maximum Gasteiger partial charge on any atom is 0.236 e. The third-order valence-corrected chi connectivity index (χ3v) is 4.91. The van der Waals surface area contributed by atoms with Crippen LogP contribution in [0.15, 0.2) is 42.5 Å². The molecule has 0 atom stereocenters. The number of anilines is 1. The van der Waals surface area contributed by atoms with Crippen LogP contribution in [0.2, 0.25) is 0 Å². The Hall–Kier alpha value is -2.41. The van der Waals surface area contributed by atoms with Crippen molar-refractivity contribution < 1.29 is 12.8 Å². The third kappa shape index (κ3) is 3.34. The van der Waals surface area contributed by atoms with Crippen molar-refractivity contribution in [3.63, 3.8) is 0 Å². The Bertz CT molecular complexity index is 963. The second kappa shape index (κ2) is 5.66. The molecule has 1 heterocycles. The molecule has 0 aliphatic rings. The highest BCUT2D eigenvalue weighted by Gasteiger charge is 2.13. The van der Waals surface area contributed by atoms with Crippen LogP contribution in [0, 0.1) is 12.7 Å². The summed E-state index contributed by atoms with van der Waals surface area (Å²) in [5, 5.41) is 0. The van der Waals surface area contributed by atoms with Crippen molar-refractivity contribution in [2.45, 2.75) is 12.7 Å². The summed E-state index contributed by atoms with van der Waals surface area (Å²) < 4.78 is 41.8. The Morgan fingerprint density at radius 3 is 2.57 bits per heavy atom. The van der Waals surface area contributed by atoms with Crippen molar-refractivity contribution in [1.82, 2.24) is 9.55 Å². The lowest BCUT2D eigenvalue weighted by Gasteiger charge is -2.08. The van der Waals surface area contributed by atoms with Gasteiger partial charge in [-0.05, 0) is 42.8 Å². The highest BCUT2D eigenvalue weighted by molar-refractivity contribution is 7.91. The van der Waals surface area contributed by atoms with Crippen LogP contribution >= 0.6 is 0 Å². The van der Waals surface area contributed by atoms with Crippen molar-refractivity contribution in [1.29, 1.82) is 0 Å². The van der Waals surface area contributed by atoms with E-state index in [-0.39, 0.29) is 5.75 Å². The SMILES string of the molecule is Cc1nc2cc(NS(=O)(=O)Cc3ccc(F)cc3)ccc2n1C. The van der Waals surface area contributed by atoms with Gasteiger partial charge in [0.1, 0.15) is 11.6 Å². The highest BCUT2D eigenvalue weighted by Crippen LogP contribution is 2.21. The standard InChI is InChI=1S/C16H16FN3O2S/c1-11-18-15-9-14(7-8-16(15)20(11)2)19-23(21,22)10-12-3-5-13(17)6-4-12/h3-9,19H,10H2,1-2H3. The number of benzene rings is 2. The topological polar surface area (TPSA) is 64.0 Å². The van der Waals surface area contributed by atoms with Crippen LogP contribution in [-0.2, 0) is 22.8 Å². The number of halogens is 1. The number of sulfonamides is 1. The van der Waals surface area contributed by atoms with E-state index in [0.717, 1.165) is 16.9 Å². The number of aromatic nitrogens is 2. The molecule has 0 fully saturated rings. The lowest BCUT2D eigenvalue weighted by atomic mass is 10.2. The molecule has 0 spiro atoms. The van der Waals surface area contributed by atoms with Gasteiger partial charge < -0.3 is 4.57 Å². The molecule has 1 N–H and O–H groups in total. The van der Waals surface area contributed by atoms with Crippen LogP contribution in [0.4, 0.5) is 10.1 Å². The molecule has 0 radical (unpaired) electrons. The van der Waals surface area contributed by atoms with Crippen LogP contribution in [0.5, 0.6) is 0 Å². The fourth-order valence-corrected chi connectivity index (χ4v) is 3.59. The van der Waals surface area contributed by atoms with E-state index in [1.165, 1.54) is 24.3 Å². The lowest BCUT2D eigenvalue weighted by Crippen LogP contribution is -2.15. The van der Waals surface area contributed by atoms with Gasteiger partial charge in [0, 0.05) is 7.05 Å². The van der Waals surface area contributed by atoms with Crippen molar-refractivity contribution in [2.24, 2.45) is 7.05 Å². The molecule has 3 aromatic rings. The monoisotopic (exact) mass is 333 g/mol. The zero-order chi connectivity index (χ0) is 16.6. The maximum atomic E-state index is 12.9. The number of hydrogen-bond acceptors (Lipinski definition) is 3. The Morgan fingerprint density at radius 1 is 1.17 bits per heavy atom. The van der Waals surface area contributed by atoms with Gasteiger partial charge in [0.15, 0.2) is 0 Å². The molecule has 1 aromatic heterocycles. The molecule has 0 aliphatic heterocycles. The Balaban J connectivity index is 1.83. The van der Waals surface area contributed by atoms with Gasteiger partial charge in [-0.1, -0.05) is 12.1 Å². The molecule has 23 heavy (non-hydrogen) atoms. The van der Waals surface area contributed by atoms with Gasteiger partial charge in [0.25, 0.3) is 0 Å². The van der Waals surface area contributed by atoms with E-state index in [1.54, 1.807) is 12.1 Å². The van der Waals surface area contributed by atoms with Crippen molar-refractivity contribution in [2.75, 3.05) is 4.72 Å². The summed E-state index contributed by atoms with van der Waals surface area (Å²) in [5.74, 6) is 0.244. The van der Waals surface area contributed by atoms with Crippen molar-refractivity contribution in [3.8, 4) is 0 Å². The molecule has 0 amide bonds. The third-order valence-electron chi connectivity index (χ3n) is 3.65. The number of imidazole rings is 1. The van der Waals surface area contributed by atoms with Gasteiger partial charge in [-0.25, -0.2) is 17.8 Å². The van der Waals surface area contributed by atoms with Gasteiger partial charge in [-0.15, -0.1) is 0 Å². The average Bonchev–Trinajstić information content (AvgIpc) is 2.75. The first-order valence-corrected chi connectivity index (χ1v) is 8.67. The van der Waals surface area contributed by atoms with Crippen LogP contribution in [-0.4, -0.2) is 18.0 Å². The molecular formula is C16H16FN3O2S. The maximum absolute atomic E-state index is 12.9. The van der Waals surface area contributed by atoms with E-state index >= 15 is 0 Å². The first-order chi connectivity index (χ1) is 10.8. The van der Waals surface area contributed by atoms with E-state index in [2.05, 4.69) is 9.71 Å². The normalized spacial score (nSPS) is 11.8. The summed E-state index contributed by atoms with van der Waals surface area (Å²) in [4.78, 5) is 4.38. The van der Waals surface area contributed by atoms with E-state index in [4.69, 9.17) is 0 Å². The molecule has 120 valence electrons. The minimum absolute atomic E-state index is 0.216. The molecule has 7 heteroatoms. The quantitative estimate of drug-likeness (QED) is 0.798. The number of rotatable bonds is 4. The molecule has 3 rings (SSSR count). The number of nitrogens with zero attached hydrogens (tertiary/aromatic N) is 2. The Kier molecular flexibility index (Phi) is 3.81. The van der Waals surface area contributed by atoms with Crippen LogP contribution in [0.3, 0.4) is 0 Å². The summed E-state index contributed by atoms with van der Waals surface area (Å²) in [6.07, 6.45) is 0. The molecule has 2 aromatic carbocycles. The zero-order valence-electron chi connectivity index (χ0n) is 12.7. The fraction of sp³-hybridized carbons (Fsp3) is 0.188. The van der Waals surface area contributed by atoms with Gasteiger partial charge in [0.2, 0.25) is 10.0 Å². The summed E-state index contributed by atoms with van der Waals surface area (Å²) in [5.41, 5.74) is 2.64. The van der Waals surface area contributed by atoms with Gasteiger partial charge in [-0.3, -0.25) is 4.72 Å². The molecule has 0 unspecified atom stereocenters. The molecule has 5 nitrogen and oxygen atoms in total. The second-order valence-electron chi connectivity index (χ2n) is 5.41. The number of hydrogen-bond donors (Lipinski definition) is 1. The van der Waals surface area contributed by atoms with Gasteiger partial charge in [-0.2, -0.15) is 0 Å². The molecule has 0 aliphatic carbocycles. The number of aryl methyl sites for hydroxylation is 2. The highest BCUT2D eigenvalue weighted by atomic mass is 32.2. The largest absolute Gasteiger partial charge is 0.331 e. The van der Waals surface area contributed by atoms with Crippen LogP contribution < -0.4 is 4.72 Å². The zero-order valence-corrected chi connectivity index (χ0v) is 13.6. The van der Waals surface area contributed by atoms with E-state index in [0.29, 0.717) is 11.3 Å². The summed E-state index contributed by atoms with van der Waals surface area (Å²) >= 11 is 0. The van der Waals surface area contributed by atoms with E-state index in [9.17, 15) is 12.8 Å². The fourth-order valence-electron chi connectivity index (χ4n) is 2.40. The smallest absolute Gasteiger partial charge is 0.236 e. The molecule has 0 saturated heterocycles.